The van der Waals surface area contributed by atoms with E-state index in [0.717, 1.165) is 28.1 Å². The summed E-state index contributed by atoms with van der Waals surface area (Å²) >= 11 is 5.76. The molecule has 2 aromatic rings. The predicted molar refractivity (Wildman–Crippen MR) is 103 cm³/mol. The molecule has 0 atom stereocenters. The number of benzene rings is 1. The van der Waals surface area contributed by atoms with Crippen LogP contribution >= 0.6 is 11.6 Å². The molecule has 1 aromatic carbocycles. The molecule has 0 saturated heterocycles. The topological polar surface area (TPSA) is 42.4 Å². The van der Waals surface area contributed by atoms with Gasteiger partial charge in [0.25, 0.3) is 0 Å². The minimum absolute atomic E-state index is 0.0627. The molecule has 0 aliphatic carbocycles. The molecule has 2 rings (SSSR count). The molecule has 26 heavy (non-hydrogen) atoms. The van der Waals surface area contributed by atoms with Gasteiger partial charge < -0.3 is 9.84 Å². The number of aliphatic hydroxyl groups is 1. The quantitative estimate of drug-likeness (QED) is 0.538. The van der Waals surface area contributed by atoms with Crippen molar-refractivity contribution >= 4 is 17.7 Å². The van der Waals surface area contributed by atoms with Crippen LogP contribution in [0.15, 0.2) is 42.7 Å². The van der Waals surface area contributed by atoms with Gasteiger partial charge in [-0.3, -0.25) is 4.98 Å². The number of aryl methyl sites for hydroxylation is 2. The third kappa shape index (κ3) is 5.16. The number of allylic oxidation sites excluding steroid dienone is 1. The van der Waals surface area contributed by atoms with Crippen LogP contribution in [0.2, 0.25) is 5.02 Å². The average molecular weight is 376 g/mol. The number of ether oxygens (including phenoxy) is 1. The van der Waals surface area contributed by atoms with E-state index in [0.29, 0.717) is 5.76 Å². The maximum Gasteiger partial charge on any atom is 0.141 e. The van der Waals surface area contributed by atoms with E-state index in [-0.39, 0.29) is 11.6 Å². The second-order valence-electron chi connectivity index (χ2n) is 6.69. The fourth-order valence-electron chi connectivity index (χ4n) is 2.57. The second-order valence-corrected chi connectivity index (χ2v) is 7.10. The van der Waals surface area contributed by atoms with Gasteiger partial charge in [-0.25, -0.2) is 4.39 Å². The van der Waals surface area contributed by atoms with Crippen LogP contribution in [0.1, 0.15) is 41.9 Å². The Hall–Kier alpha value is -2.17. The lowest BCUT2D eigenvalue weighted by Crippen LogP contribution is -2.18. The van der Waals surface area contributed by atoms with Crippen molar-refractivity contribution in [1.82, 2.24) is 4.98 Å². The number of pyridine rings is 1. The fourth-order valence-corrected chi connectivity index (χ4v) is 2.77. The van der Waals surface area contributed by atoms with Crippen molar-refractivity contribution in [3.63, 3.8) is 0 Å². The molecular weight excluding hydrogens is 353 g/mol. The third-order valence-corrected chi connectivity index (χ3v) is 4.25. The number of hydrogen-bond donors (Lipinski definition) is 1. The molecule has 0 unspecified atom stereocenters. The molecule has 0 saturated carbocycles. The molecule has 0 fully saturated rings. The van der Waals surface area contributed by atoms with Gasteiger partial charge in [0.1, 0.15) is 18.2 Å². The van der Waals surface area contributed by atoms with Gasteiger partial charge in [0, 0.05) is 17.0 Å². The summed E-state index contributed by atoms with van der Waals surface area (Å²) in [5.74, 6) is -0.00525. The summed E-state index contributed by atoms with van der Waals surface area (Å²) in [6, 6.07) is 6.36. The summed E-state index contributed by atoms with van der Waals surface area (Å²) in [4.78, 5) is 4.50. The summed E-state index contributed by atoms with van der Waals surface area (Å²) in [7, 11) is 0. The number of aromatic nitrogens is 1. The van der Waals surface area contributed by atoms with Gasteiger partial charge in [0.15, 0.2) is 0 Å². The zero-order chi connectivity index (χ0) is 19.5. The minimum atomic E-state index is -0.970. The van der Waals surface area contributed by atoms with Crippen molar-refractivity contribution in [3.8, 4) is 0 Å². The highest BCUT2D eigenvalue weighted by Crippen LogP contribution is 2.25. The molecule has 0 amide bonds. The fraction of sp³-hybridized carbons (Fsp3) is 0.286. The summed E-state index contributed by atoms with van der Waals surface area (Å²) in [5, 5.41) is 10.3. The Morgan fingerprint density at radius 2 is 2.00 bits per heavy atom. The Labute approximate surface area is 158 Å². The van der Waals surface area contributed by atoms with Crippen LogP contribution in [-0.2, 0) is 16.9 Å². The Morgan fingerprint density at radius 1 is 1.31 bits per heavy atom. The molecule has 1 aromatic heterocycles. The van der Waals surface area contributed by atoms with Crippen LogP contribution in [0.3, 0.4) is 0 Å². The number of nitrogens with zero attached hydrogens (tertiary/aromatic N) is 1. The van der Waals surface area contributed by atoms with Gasteiger partial charge in [-0.2, -0.15) is 0 Å². The Balaban J connectivity index is 2.09. The molecule has 1 heterocycles. The Kier molecular flexibility index (Phi) is 6.21. The van der Waals surface area contributed by atoms with Gasteiger partial charge in [-0.05, 0) is 69.2 Å². The van der Waals surface area contributed by atoms with Gasteiger partial charge in [-0.1, -0.05) is 24.2 Å². The number of halogens is 2. The highest BCUT2D eigenvalue weighted by atomic mass is 35.5. The van der Waals surface area contributed by atoms with E-state index < -0.39 is 11.4 Å². The summed E-state index contributed by atoms with van der Waals surface area (Å²) in [5.41, 5.74) is 3.09. The summed E-state index contributed by atoms with van der Waals surface area (Å²) < 4.78 is 18.7. The minimum Gasteiger partial charge on any atom is -0.490 e. The first kappa shape index (κ1) is 20.1. The molecule has 0 spiro atoms. The molecular formula is C21H23ClFNO2. The monoisotopic (exact) mass is 375 g/mol. The predicted octanol–water partition coefficient (Wildman–Crippen LogP) is 5.46. The first-order valence-corrected chi connectivity index (χ1v) is 8.60. The average Bonchev–Trinajstić information content (AvgIpc) is 2.54. The van der Waals surface area contributed by atoms with Crippen molar-refractivity contribution in [3.05, 3.63) is 81.6 Å². The van der Waals surface area contributed by atoms with E-state index in [2.05, 4.69) is 11.6 Å². The first-order chi connectivity index (χ1) is 12.1. The van der Waals surface area contributed by atoms with Crippen LogP contribution in [-0.4, -0.2) is 10.1 Å². The Morgan fingerprint density at radius 3 is 2.62 bits per heavy atom. The molecule has 3 nitrogen and oxygen atoms in total. The Bertz CT molecular complexity index is 854. The van der Waals surface area contributed by atoms with Gasteiger partial charge in [-0.15, -0.1) is 0 Å². The van der Waals surface area contributed by atoms with Gasteiger partial charge in [0.2, 0.25) is 0 Å². The van der Waals surface area contributed by atoms with Crippen molar-refractivity contribution in [2.45, 2.75) is 39.9 Å². The lowest BCUT2D eigenvalue weighted by atomic mass is 9.94. The number of hydrogen-bond acceptors (Lipinski definition) is 3. The lowest BCUT2D eigenvalue weighted by Gasteiger charge is -2.21. The first-order valence-electron chi connectivity index (χ1n) is 8.22. The molecule has 5 heteroatoms. The van der Waals surface area contributed by atoms with Crippen LogP contribution in [0.4, 0.5) is 4.39 Å². The smallest absolute Gasteiger partial charge is 0.141 e. The van der Waals surface area contributed by atoms with Crippen LogP contribution < -0.4 is 0 Å². The maximum atomic E-state index is 13.2. The van der Waals surface area contributed by atoms with Crippen molar-refractivity contribution in [2.24, 2.45) is 0 Å². The zero-order valence-corrected chi connectivity index (χ0v) is 16.2. The molecule has 1 N–H and O–H groups in total. The second kappa shape index (κ2) is 8.02. The largest absolute Gasteiger partial charge is 0.490 e. The summed E-state index contributed by atoms with van der Waals surface area (Å²) in [6.07, 6.45) is 3.58. The SMILES string of the molecule is C=C(/C=C\c1cc(C(C)(C)O)c(C)nc1C)OCc1ccc(F)c(Cl)c1. The standard InChI is InChI=1S/C21H23ClFNO2/c1-13(26-12-16-7-9-20(23)19(22)10-16)6-8-17-11-18(21(4,5)25)15(3)24-14(17)2/h6-11,25H,1,12H2,2-5H3/b8-6-. The van der Waals surface area contributed by atoms with Crippen molar-refractivity contribution < 1.29 is 14.2 Å². The highest BCUT2D eigenvalue weighted by Gasteiger charge is 2.20. The molecule has 0 bridgehead atoms. The van der Waals surface area contributed by atoms with E-state index in [1.54, 1.807) is 26.0 Å². The van der Waals surface area contributed by atoms with Crippen LogP contribution in [0.25, 0.3) is 6.08 Å². The van der Waals surface area contributed by atoms with Crippen LogP contribution in [0, 0.1) is 19.7 Å². The van der Waals surface area contributed by atoms with Crippen LogP contribution in [0.5, 0.6) is 0 Å². The molecule has 138 valence electrons. The third-order valence-electron chi connectivity index (χ3n) is 3.96. The van der Waals surface area contributed by atoms with E-state index >= 15 is 0 Å². The molecule has 0 aliphatic heterocycles. The zero-order valence-electron chi connectivity index (χ0n) is 15.4. The van der Waals surface area contributed by atoms with Crippen molar-refractivity contribution in [2.75, 3.05) is 0 Å². The normalized spacial score (nSPS) is 11.8. The van der Waals surface area contributed by atoms with E-state index in [9.17, 15) is 9.50 Å². The van der Waals surface area contributed by atoms with Gasteiger partial charge >= 0.3 is 0 Å². The molecule has 0 radical (unpaired) electrons. The summed E-state index contributed by atoms with van der Waals surface area (Å²) in [6.45, 7) is 11.3. The van der Waals surface area contributed by atoms with Gasteiger partial charge in [0.05, 0.1) is 10.6 Å². The van der Waals surface area contributed by atoms with E-state index in [1.807, 2.05) is 26.0 Å². The lowest BCUT2D eigenvalue weighted by molar-refractivity contribution is 0.0774. The maximum absolute atomic E-state index is 13.2. The molecule has 0 aliphatic rings. The van der Waals surface area contributed by atoms with E-state index in [4.69, 9.17) is 16.3 Å². The van der Waals surface area contributed by atoms with Crippen molar-refractivity contribution in [1.29, 1.82) is 0 Å². The van der Waals surface area contributed by atoms with E-state index in [1.165, 1.54) is 12.1 Å². The number of rotatable bonds is 6. The highest BCUT2D eigenvalue weighted by molar-refractivity contribution is 6.30.